The molecule has 1 aliphatic rings. The lowest BCUT2D eigenvalue weighted by molar-refractivity contribution is 0.381. The summed E-state index contributed by atoms with van der Waals surface area (Å²) in [5.41, 5.74) is 1.65. The number of halogens is 1. The molecular weight excluding hydrogens is 249 g/mol. The minimum Gasteiger partial charge on any atom is -0.375 e. The van der Waals surface area contributed by atoms with Crippen molar-refractivity contribution in [1.29, 1.82) is 0 Å². The first-order valence-electron chi connectivity index (χ1n) is 8.82. The van der Waals surface area contributed by atoms with Crippen molar-refractivity contribution >= 4 is 0 Å². The summed E-state index contributed by atoms with van der Waals surface area (Å²) in [7, 11) is 0. The zero-order valence-corrected chi connectivity index (χ0v) is 13.8. The zero-order valence-electron chi connectivity index (χ0n) is 13.8. The molecule has 0 aromatic rings. The Morgan fingerprint density at radius 2 is 1.55 bits per heavy atom. The quantitative estimate of drug-likeness (QED) is 0.417. The summed E-state index contributed by atoms with van der Waals surface area (Å²) in [5.74, 6) is 0. The molecular formula is C18H36FN. The lowest BCUT2D eigenvalue weighted by Crippen LogP contribution is -2.18. The molecule has 0 aromatic carbocycles. The molecule has 1 fully saturated rings. The van der Waals surface area contributed by atoms with E-state index in [1.165, 1.54) is 90.1 Å². The van der Waals surface area contributed by atoms with E-state index >= 15 is 0 Å². The first kappa shape index (κ1) is 19.5. The van der Waals surface area contributed by atoms with Crippen molar-refractivity contribution in [2.24, 2.45) is 0 Å². The minimum absolute atomic E-state index is 0. The number of nitrogens with zero attached hydrogens (tertiary/aromatic N) is 1. The molecule has 1 rings (SSSR count). The third-order valence-corrected chi connectivity index (χ3v) is 4.24. The van der Waals surface area contributed by atoms with E-state index in [1.54, 1.807) is 5.70 Å². The summed E-state index contributed by atoms with van der Waals surface area (Å²) >= 11 is 0. The maximum absolute atomic E-state index is 2.63. The van der Waals surface area contributed by atoms with Gasteiger partial charge in [0.1, 0.15) is 0 Å². The predicted molar refractivity (Wildman–Crippen MR) is 88.9 cm³/mol. The van der Waals surface area contributed by atoms with Gasteiger partial charge < -0.3 is 4.90 Å². The van der Waals surface area contributed by atoms with Crippen LogP contribution in [0.5, 0.6) is 0 Å². The van der Waals surface area contributed by atoms with E-state index in [1.807, 2.05) is 0 Å². The van der Waals surface area contributed by atoms with E-state index < -0.39 is 0 Å². The first-order chi connectivity index (χ1) is 9.38. The second-order valence-electron chi connectivity index (χ2n) is 6.05. The summed E-state index contributed by atoms with van der Waals surface area (Å²) < 4.78 is 0. The molecule has 0 N–H and O–H groups in total. The summed E-state index contributed by atoms with van der Waals surface area (Å²) in [5, 5.41) is 0. The normalized spacial score (nSPS) is 16.7. The van der Waals surface area contributed by atoms with Gasteiger partial charge in [-0.2, -0.15) is 0 Å². The van der Waals surface area contributed by atoms with Crippen LogP contribution in [0.15, 0.2) is 11.8 Å². The summed E-state index contributed by atoms with van der Waals surface area (Å²) in [6.07, 6.45) is 19.2. The molecule has 1 saturated heterocycles. The van der Waals surface area contributed by atoms with Gasteiger partial charge in [0, 0.05) is 18.8 Å². The van der Waals surface area contributed by atoms with E-state index in [0.717, 1.165) is 0 Å². The van der Waals surface area contributed by atoms with Crippen LogP contribution < -0.4 is 0 Å². The minimum atomic E-state index is 0. The monoisotopic (exact) mass is 285 g/mol. The molecule has 1 heterocycles. The number of allylic oxidation sites excluding steroid dienone is 2. The van der Waals surface area contributed by atoms with Crippen molar-refractivity contribution in [2.75, 3.05) is 13.1 Å². The molecule has 120 valence electrons. The van der Waals surface area contributed by atoms with Crippen LogP contribution in [0.3, 0.4) is 0 Å². The number of rotatable bonds is 11. The van der Waals surface area contributed by atoms with Crippen LogP contribution in [0.1, 0.15) is 90.9 Å². The maximum atomic E-state index is 2.63. The molecule has 0 radical (unpaired) electrons. The summed E-state index contributed by atoms with van der Waals surface area (Å²) in [4.78, 5) is 2.63. The lowest BCUT2D eigenvalue weighted by Gasteiger charge is -2.19. The van der Waals surface area contributed by atoms with Crippen molar-refractivity contribution in [3.8, 4) is 0 Å². The van der Waals surface area contributed by atoms with Gasteiger partial charge in [0.25, 0.3) is 0 Å². The van der Waals surface area contributed by atoms with Gasteiger partial charge in [-0.3, -0.25) is 4.70 Å². The summed E-state index contributed by atoms with van der Waals surface area (Å²) in [6.45, 7) is 7.18. The van der Waals surface area contributed by atoms with E-state index in [0.29, 0.717) is 0 Å². The third-order valence-electron chi connectivity index (χ3n) is 4.24. The average molecular weight is 285 g/mol. The smallest absolute Gasteiger partial charge is 0.0178 e. The topological polar surface area (TPSA) is 3.24 Å². The van der Waals surface area contributed by atoms with Crippen LogP contribution >= 0.6 is 0 Å². The molecule has 1 nitrogen and oxygen atoms in total. The predicted octanol–water partition coefficient (Wildman–Crippen LogP) is 6.06. The van der Waals surface area contributed by atoms with Gasteiger partial charge in [-0.25, -0.2) is 0 Å². The molecule has 0 aromatic heterocycles. The van der Waals surface area contributed by atoms with Crippen molar-refractivity contribution in [3.05, 3.63) is 11.8 Å². The van der Waals surface area contributed by atoms with Gasteiger partial charge in [0.05, 0.1) is 0 Å². The Hall–Kier alpha value is -0.530. The van der Waals surface area contributed by atoms with E-state index in [2.05, 4.69) is 24.8 Å². The van der Waals surface area contributed by atoms with Crippen LogP contribution in [0.4, 0.5) is 4.70 Å². The van der Waals surface area contributed by atoms with Gasteiger partial charge >= 0.3 is 0 Å². The highest BCUT2D eigenvalue weighted by molar-refractivity contribution is 5.05. The molecule has 0 aliphatic carbocycles. The van der Waals surface area contributed by atoms with Gasteiger partial charge in [-0.15, -0.1) is 0 Å². The fourth-order valence-corrected chi connectivity index (χ4v) is 2.96. The molecule has 20 heavy (non-hydrogen) atoms. The SMILES string of the molecule is CCCCCCCCCC=C1CCCN1CCCC.F. The van der Waals surface area contributed by atoms with Crippen molar-refractivity contribution < 1.29 is 4.70 Å². The number of likely N-dealkylation sites (tertiary alicyclic amines) is 1. The molecule has 2 heteroatoms. The zero-order chi connectivity index (χ0) is 13.8. The first-order valence-corrected chi connectivity index (χ1v) is 8.82. The number of unbranched alkanes of at least 4 members (excludes halogenated alkanes) is 8. The molecule has 0 saturated carbocycles. The fraction of sp³-hybridized carbons (Fsp3) is 0.889. The van der Waals surface area contributed by atoms with E-state index in [9.17, 15) is 0 Å². The Balaban J connectivity index is 0.00000361. The highest BCUT2D eigenvalue weighted by Gasteiger charge is 2.15. The number of hydrogen-bond acceptors (Lipinski definition) is 1. The Labute approximate surface area is 126 Å². The second kappa shape index (κ2) is 13.5. The third kappa shape index (κ3) is 8.60. The molecule has 1 aliphatic heterocycles. The lowest BCUT2D eigenvalue weighted by atomic mass is 10.1. The van der Waals surface area contributed by atoms with Crippen molar-refractivity contribution in [1.82, 2.24) is 4.90 Å². The van der Waals surface area contributed by atoms with Crippen molar-refractivity contribution in [2.45, 2.75) is 90.9 Å². The van der Waals surface area contributed by atoms with E-state index in [-0.39, 0.29) is 4.70 Å². The van der Waals surface area contributed by atoms with Gasteiger partial charge in [0.2, 0.25) is 0 Å². The molecule has 0 unspecified atom stereocenters. The van der Waals surface area contributed by atoms with Gasteiger partial charge in [-0.05, 0) is 32.1 Å². The molecule has 0 atom stereocenters. The van der Waals surface area contributed by atoms with Gasteiger partial charge in [0.15, 0.2) is 0 Å². The van der Waals surface area contributed by atoms with Crippen LogP contribution in [-0.2, 0) is 0 Å². The Bertz CT molecular complexity index is 238. The highest BCUT2D eigenvalue weighted by atomic mass is 19.0. The molecule has 0 amide bonds. The second-order valence-corrected chi connectivity index (χ2v) is 6.05. The van der Waals surface area contributed by atoms with Gasteiger partial charge in [-0.1, -0.05) is 64.9 Å². The Kier molecular flexibility index (Phi) is 13.1. The van der Waals surface area contributed by atoms with Crippen LogP contribution in [0.25, 0.3) is 0 Å². The fourth-order valence-electron chi connectivity index (χ4n) is 2.96. The molecule has 0 spiro atoms. The maximum Gasteiger partial charge on any atom is 0.0178 e. The van der Waals surface area contributed by atoms with Crippen LogP contribution in [0.2, 0.25) is 0 Å². The standard InChI is InChI=1S/C18H35N.FH/c1-3-5-7-8-9-10-11-12-14-18-15-13-17-19(18)16-6-4-2;/h14H,3-13,15-17H2,1-2H3;1H. The van der Waals surface area contributed by atoms with E-state index in [4.69, 9.17) is 0 Å². The van der Waals surface area contributed by atoms with Crippen LogP contribution in [0, 0.1) is 0 Å². The molecule has 0 bridgehead atoms. The Morgan fingerprint density at radius 3 is 2.25 bits per heavy atom. The summed E-state index contributed by atoms with van der Waals surface area (Å²) in [6, 6.07) is 0. The average Bonchev–Trinajstić information content (AvgIpc) is 2.87. The Morgan fingerprint density at radius 1 is 0.900 bits per heavy atom. The van der Waals surface area contributed by atoms with Crippen LogP contribution in [-0.4, -0.2) is 18.0 Å². The van der Waals surface area contributed by atoms with Crippen molar-refractivity contribution in [3.63, 3.8) is 0 Å². The largest absolute Gasteiger partial charge is 0.375 e. The highest BCUT2D eigenvalue weighted by Crippen LogP contribution is 2.22. The number of hydrogen-bond donors (Lipinski definition) is 0.